The molecule has 2 rings (SSSR count). The Balaban J connectivity index is 2.40. The van der Waals surface area contributed by atoms with Crippen LogP contribution in [0.5, 0.6) is 0 Å². The van der Waals surface area contributed by atoms with Crippen molar-refractivity contribution in [1.29, 1.82) is 0 Å². The van der Waals surface area contributed by atoms with Gasteiger partial charge < -0.3 is 10.1 Å². The number of ether oxygens (including phenoxy) is 1. The number of imide groups is 1. The quantitative estimate of drug-likeness (QED) is 0.559. The Morgan fingerprint density at radius 2 is 1.69 bits per heavy atom. The van der Waals surface area contributed by atoms with E-state index in [1.807, 2.05) is 0 Å². The van der Waals surface area contributed by atoms with Crippen molar-refractivity contribution in [3.63, 3.8) is 0 Å². The Morgan fingerprint density at radius 3 is 2.25 bits per heavy atom. The molecule has 9 nitrogen and oxygen atoms in total. The molecule has 0 aliphatic carbocycles. The Kier molecular flexibility index (Phi) is 8.76. The molecule has 0 aromatic heterocycles. The van der Waals surface area contributed by atoms with E-state index in [2.05, 4.69) is 10.6 Å². The minimum Gasteiger partial charge on any atom is -0.444 e. The number of benzene rings is 2. The van der Waals surface area contributed by atoms with Gasteiger partial charge in [0.05, 0.1) is 10.6 Å². The first-order chi connectivity index (χ1) is 15.1. The van der Waals surface area contributed by atoms with Crippen molar-refractivity contribution >= 4 is 39.5 Å². The van der Waals surface area contributed by atoms with Crippen LogP contribution < -0.4 is 10.6 Å². The zero-order valence-corrected chi connectivity index (χ0v) is 19.4. The smallest absolute Gasteiger partial charge is 0.339 e. The van der Waals surface area contributed by atoms with E-state index in [-0.39, 0.29) is 28.6 Å². The van der Waals surface area contributed by atoms with Crippen molar-refractivity contribution in [3.8, 4) is 0 Å². The summed E-state index contributed by atoms with van der Waals surface area (Å²) in [6.45, 7) is 3.81. The predicted octanol–water partition coefficient (Wildman–Crippen LogP) is 2.72. The van der Waals surface area contributed by atoms with E-state index >= 15 is 0 Å². The minimum absolute atomic E-state index is 0.0505. The number of urea groups is 1. The van der Waals surface area contributed by atoms with Gasteiger partial charge in [-0.15, -0.1) is 0 Å². The Labute approximate surface area is 191 Å². The van der Waals surface area contributed by atoms with Gasteiger partial charge in [-0.25, -0.2) is 18.0 Å². The number of halogens is 1. The molecule has 2 aromatic carbocycles. The predicted molar refractivity (Wildman–Crippen MR) is 119 cm³/mol. The number of esters is 1. The van der Waals surface area contributed by atoms with E-state index < -0.39 is 34.0 Å². The molecule has 172 valence electrons. The van der Waals surface area contributed by atoms with Crippen molar-refractivity contribution in [2.45, 2.75) is 24.8 Å². The number of rotatable bonds is 8. The van der Waals surface area contributed by atoms with Crippen molar-refractivity contribution < 1.29 is 27.5 Å². The van der Waals surface area contributed by atoms with Crippen LogP contribution in [0.25, 0.3) is 0 Å². The highest BCUT2D eigenvalue weighted by Crippen LogP contribution is 2.27. The van der Waals surface area contributed by atoms with Crippen LogP contribution in [0.15, 0.2) is 53.4 Å². The number of sulfonamides is 1. The highest BCUT2D eigenvalue weighted by atomic mass is 35.5. The standard InChI is InChI=1S/C21H24ClN3O6S/c1-4-25(5-2)32(29,30)17-13-15(11-12-16(17)22)20(27)31-18(14-9-7-6-8-10-14)19(26)24-21(28)23-3/h6-13,18H,4-5H2,1-3H3,(H2,23,24,26,28)/t18-/m1/s1. The molecule has 0 radical (unpaired) electrons. The molecule has 0 aliphatic rings. The van der Waals surface area contributed by atoms with Gasteiger partial charge in [0, 0.05) is 25.7 Å². The first kappa shape index (κ1) is 25.3. The molecule has 0 heterocycles. The second-order valence-corrected chi connectivity index (χ2v) is 8.81. The molecule has 11 heteroatoms. The number of nitrogens with one attached hydrogen (secondary N) is 2. The average molecular weight is 482 g/mol. The highest BCUT2D eigenvalue weighted by molar-refractivity contribution is 7.89. The molecule has 0 saturated carbocycles. The van der Waals surface area contributed by atoms with Crippen LogP contribution in [0.2, 0.25) is 5.02 Å². The Hall–Kier alpha value is -2.95. The fourth-order valence-electron chi connectivity index (χ4n) is 2.85. The van der Waals surface area contributed by atoms with E-state index in [4.69, 9.17) is 16.3 Å². The summed E-state index contributed by atoms with van der Waals surface area (Å²) < 4.78 is 32.3. The van der Waals surface area contributed by atoms with Gasteiger partial charge >= 0.3 is 12.0 Å². The molecular formula is C21H24ClN3O6S. The van der Waals surface area contributed by atoms with Crippen LogP contribution in [-0.2, 0) is 19.6 Å². The molecule has 0 aliphatic heterocycles. The topological polar surface area (TPSA) is 122 Å². The third kappa shape index (κ3) is 5.84. The van der Waals surface area contributed by atoms with E-state index in [1.54, 1.807) is 44.2 Å². The third-order valence-electron chi connectivity index (χ3n) is 4.52. The van der Waals surface area contributed by atoms with E-state index in [0.29, 0.717) is 5.56 Å². The fraction of sp³-hybridized carbons (Fsp3) is 0.286. The van der Waals surface area contributed by atoms with Gasteiger partial charge in [0.2, 0.25) is 16.1 Å². The number of amides is 3. The zero-order valence-electron chi connectivity index (χ0n) is 17.8. The molecule has 0 fully saturated rings. The van der Waals surface area contributed by atoms with Gasteiger partial charge in [-0.05, 0) is 18.2 Å². The first-order valence-electron chi connectivity index (χ1n) is 9.73. The minimum atomic E-state index is -3.94. The third-order valence-corrected chi connectivity index (χ3v) is 7.05. The normalized spacial score (nSPS) is 12.2. The second kappa shape index (κ2) is 11.1. The summed E-state index contributed by atoms with van der Waals surface area (Å²) in [4.78, 5) is 36.7. The molecule has 32 heavy (non-hydrogen) atoms. The van der Waals surface area contributed by atoms with Gasteiger partial charge in [-0.3, -0.25) is 10.1 Å². The molecule has 0 spiro atoms. The first-order valence-corrected chi connectivity index (χ1v) is 11.6. The summed E-state index contributed by atoms with van der Waals surface area (Å²) in [7, 11) is -2.61. The van der Waals surface area contributed by atoms with E-state index in [1.165, 1.54) is 23.5 Å². The van der Waals surface area contributed by atoms with Crippen LogP contribution in [-0.4, -0.2) is 50.8 Å². The summed E-state index contributed by atoms with van der Waals surface area (Å²) in [5.41, 5.74) is 0.209. The molecule has 2 N–H and O–H groups in total. The van der Waals surface area contributed by atoms with Gasteiger partial charge in [0.15, 0.2) is 0 Å². The lowest BCUT2D eigenvalue weighted by Gasteiger charge is -2.20. The van der Waals surface area contributed by atoms with Crippen LogP contribution in [0.4, 0.5) is 4.79 Å². The number of hydrogen-bond donors (Lipinski definition) is 2. The van der Waals surface area contributed by atoms with Gasteiger partial charge in [0.1, 0.15) is 4.90 Å². The summed E-state index contributed by atoms with van der Waals surface area (Å²) >= 11 is 6.10. The number of carbonyl (C=O) groups excluding carboxylic acids is 3. The van der Waals surface area contributed by atoms with Crippen LogP contribution in [0.1, 0.15) is 35.9 Å². The van der Waals surface area contributed by atoms with Crippen molar-refractivity contribution in [3.05, 3.63) is 64.7 Å². The maximum Gasteiger partial charge on any atom is 0.339 e. The lowest BCUT2D eigenvalue weighted by atomic mass is 10.1. The van der Waals surface area contributed by atoms with Gasteiger partial charge in [-0.2, -0.15) is 4.31 Å². The van der Waals surface area contributed by atoms with Crippen molar-refractivity contribution in [2.24, 2.45) is 0 Å². The van der Waals surface area contributed by atoms with Crippen LogP contribution in [0, 0.1) is 0 Å². The summed E-state index contributed by atoms with van der Waals surface area (Å²) in [5, 5.41) is 4.26. The zero-order chi connectivity index (χ0) is 23.9. The maximum absolute atomic E-state index is 12.9. The van der Waals surface area contributed by atoms with E-state index in [9.17, 15) is 22.8 Å². The Bertz CT molecular complexity index is 1090. The monoisotopic (exact) mass is 481 g/mol. The summed E-state index contributed by atoms with van der Waals surface area (Å²) in [6.07, 6.45) is -1.44. The number of nitrogens with zero attached hydrogens (tertiary/aromatic N) is 1. The molecule has 0 bridgehead atoms. The maximum atomic E-state index is 12.9. The lowest BCUT2D eigenvalue weighted by molar-refractivity contribution is -0.129. The molecule has 2 aromatic rings. The number of carbonyl (C=O) groups is 3. The van der Waals surface area contributed by atoms with Gasteiger partial charge in [0.25, 0.3) is 5.91 Å². The Morgan fingerprint density at radius 1 is 1.06 bits per heavy atom. The largest absolute Gasteiger partial charge is 0.444 e. The van der Waals surface area contributed by atoms with Crippen molar-refractivity contribution in [2.75, 3.05) is 20.1 Å². The van der Waals surface area contributed by atoms with Gasteiger partial charge in [-0.1, -0.05) is 55.8 Å². The highest BCUT2D eigenvalue weighted by Gasteiger charge is 2.29. The molecular weight excluding hydrogens is 458 g/mol. The molecule has 1 atom stereocenters. The SMILES string of the molecule is CCN(CC)S(=O)(=O)c1cc(C(=O)O[C@@H](C(=O)NC(=O)NC)c2ccccc2)ccc1Cl. The number of hydrogen-bond acceptors (Lipinski definition) is 6. The van der Waals surface area contributed by atoms with Crippen molar-refractivity contribution in [1.82, 2.24) is 14.9 Å². The lowest BCUT2D eigenvalue weighted by Crippen LogP contribution is -2.41. The second-order valence-electron chi connectivity index (χ2n) is 6.50. The average Bonchev–Trinajstić information content (AvgIpc) is 2.78. The molecule has 0 saturated heterocycles. The summed E-state index contributed by atoms with van der Waals surface area (Å²) in [6, 6.07) is 11.0. The summed E-state index contributed by atoms with van der Waals surface area (Å²) in [5.74, 6) is -1.83. The fourth-order valence-corrected chi connectivity index (χ4v) is 4.80. The molecule has 3 amide bonds. The van der Waals surface area contributed by atoms with Crippen LogP contribution >= 0.6 is 11.6 Å². The molecule has 0 unspecified atom stereocenters. The van der Waals surface area contributed by atoms with E-state index in [0.717, 1.165) is 6.07 Å². The van der Waals surface area contributed by atoms with Crippen LogP contribution in [0.3, 0.4) is 0 Å².